The van der Waals surface area contributed by atoms with E-state index in [0.29, 0.717) is 29.8 Å². The van der Waals surface area contributed by atoms with E-state index in [-0.39, 0.29) is 5.41 Å². The number of aliphatic hydroxyl groups excluding tert-OH is 1. The van der Waals surface area contributed by atoms with Crippen molar-refractivity contribution in [3.63, 3.8) is 0 Å². The van der Waals surface area contributed by atoms with Gasteiger partial charge in [0.15, 0.2) is 0 Å². The van der Waals surface area contributed by atoms with Crippen LogP contribution in [0.5, 0.6) is 0 Å². The third-order valence-corrected chi connectivity index (χ3v) is 6.86. The number of hydrogen-bond acceptors (Lipinski definition) is 2. The molecule has 1 spiro atoms. The molecule has 3 aliphatic rings. The third-order valence-electron chi connectivity index (χ3n) is 6.86. The lowest BCUT2D eigenvalue weighted by molar-refractivity contribution is -0.0796. The Balaban J connectivity index is 2.04. The summed E-state index contributed by atoms with van der Waals surface area (Å²) in [5, 5.41) is 20.4. The molecule has 2 bridgehead atoms. The van der Waals surface area contributed by atoms with Crippen LogP contribution in [0.25, 0.3) is 0 Å². The summed E-state index contributed by atoms with van der Waals surface area (Å²) in [6.07, 6.45) is 5.52. The maximum Gasteiger partial charge on any atom is 0.0678 e. The van der Waals surface area contributed by atoms with Crippen molar-refractivity contribution in [2.75, 3.05) is 6.61 Å². The molecule has 0 aromatic rings. The maximum absolute atomic E-state index is 10.8. The fourth-order valence-corrected chi connectivity index (χ4v) is 5.87. The molecule has 3 saturated carbocycles. The summed E-state index contributed by atoms with van der Waals surface area (Å²) in [5.74, 6) is 1.74. The van der Waals surface area contributed by atoms with Crippen LogP contribution in [-0.4, -0.2) is 22.4 Å². The molecule has 5 atom stereocenters. The Morgan fingerprint density at radius 2 is 1.82 bits per heavy atom. The lowest BCUT2D eigenvalue weighted by Crippen LogP contribution is -2.45. The van der Waals surface area contributed by atoms with Crippen molar-refractivity contribution in [2.45, 2.75) is 58.5 Å². The van der Waals surface area contributed by atoms with E-state index in [1.807, 2.05) is 0 Å². The van der Waals surface area contributed by atoms with E-state index in [2.05, 4.69) is 20.8 Å². The van der Waals surface area contributed by atoms with Gasteiger partial charge in [-0.3, -0.25) is 0 Å². The van der Waals surface area contributed by atoms with Gasteiger partial charge >= 0.3 is 0 Å². The molecule has 0 aliphatic heterocycles. The van der Waals surface area contributed by atoms with Crippen LogP contribution in [0, 0.1) is 28.6 Å². The highest BCUT2D eigenvalue weighted by Gasteiger charge is 2.69. The van der Waals surface area contributed by atoms with Crippen LogP contribution in [0.3, 0.4) is 0 Å². The zero-order valence-corrected chi connectivity index (χ0v) is 11.4. The van der Waals surface area contributed by atoms with Gasteiger partial charge in [0.05, 0.1) is 5.60 Å². The highest BCUT2D eigenvalue weighted by atomic mass is 16.3. The predicted molar refractivity (Wildman–Crippen MR) is 67.5 cm³/mol. The van der Waals surface area contributed by atoms with Crippen LogP contribution in [-0.2, 0) is 0 Å². The van der Waals surface area contributed by atoms with Gasteiger partial charge in [0.25, 0.3) is 0 Å². The van der Waals surface area contributed by atoms with Gasteiger partial charge in [0.1, 0.15) is 0 Å². The van der Waals surface area contributed by atoms with Crippen molar-refractivity contribution in [3.05, 3.63) is 0 Å². The van der Waals surface area contributed by atoms with Crippen molar-refractivity contribution in [1.29, 1.82) is 0 Å². The molecule has 0 radical (unpaired) electrons. The minimum absolute atomic E-state index is 0.160. The zero-order valence-electron chi connectivity index (χ0n) is 11.4. The average Bonchev–Trinajstić information content (AvgIpc) is 2.61. The first-order valence-corrected chi connectivity index (χ1v) is 7.18. The van der Waals surface area contributed by atoms with Crippen LogP contribution in [0.2, 0.25) is 0 Å². The second-order valence-electron chi connectivity index (χ2n) is 7.63. The second-order valence-corrected chi connectivity index (χ2v) is 7.63. The fraction of sp³-hybridized carbons (Fsp3) is 1.00. The van der Waals surface area contributed by atoms with E-state index in [1.165, 1.54) is 6.42 Å². The van der Waals surface area contributed by atoms with Crippen LogP contribution < -0.4 is 0 Å². The molecular formula is C15H26O2. The summed E-state index contributed by atoms with van der Waals surface area (Å²) < 4.78 is 0. The Bertz CT molecular complexity index is 334. The van der Waals surface area contributed by atoms with Gasteiger partial charge in [-0.25, -0.2) is 0 Å². The monoisotopic (exact) mass is 238 g/mol. The fourth-order valence-electron chi connectivity index (χ4n) is 5.87. The summed E-state index contributed by atoms with van der Waals surface area (Å²) in [4.78, 5) is 0. The van der Waals surface area contributed by atoms with Gasteiger partial charge in [-0.05, 0) is 62.2 Å². The number of fused-ring (bicyclic) bond motifs is 1. The van der Waals surface area contributed by atoms with Gasteiger partial charge in [-0.15, -0.1) is 0 Å². The lowest BCUT2D eigenvalue weighted by atomic mass is 9.63. The first-order chi connectivity index (χ1) is 7.85. The maximum atomic E-state index is 10.8. The smallest absolute Gasteiger partial charge is 0.0678 e. The molecule has 0 unspecified atom stereocenters. The first-order valence-electron chi connectivity index (χ1n) is 7.18. The molecule has 98 valence electrons. The predicted octanol–water partition coefficient (Wildman–Crippen LogP) is 2.58. The SMILES string of the molecule is CC1(C)[C@H]2C[C@@]3(CC[C@H]2CO)[C@H]1CC[C@@]3(C)O. The molecule has 0 aromatic carbocycles. The van der Waals surface area contributed by atoms with Crippen molar-refractivity contribution >= 4 is 0 Å². The quantitative estimate of drug-likeness (QED) is 0.737. The van der Waals surface area contributed by atoms with E-state index in [1.54, 1.807) is 0 Å². The van der Waals surface area contributed by atoms with E-state index in [0.717, 1.165) is 25.7 Å². The molecule has 3 aliphatic carbocycles. The van der Waals surface area contributed by atoms with Gasteiger partial charge < -0.3 is 10.2 Å². The Labute approximate surface area is 104 Å². The van der Waals surface area contributed by atoms with Crippen molar-refractivity contribution in [2.24, 2.45) is 28.6 Å². The Kier molecular flexibility index (Phi) is 2.30. The molecule has 17 heavy (non-hydrogen) atoms. The van der Waals surface area contributed by atoms with Crippen molar-refractivity contribution < 1.29 is 10.2 Å². The zero-order chi connectivity index (χ0) is 12.5. The number of aliphatic hydroxyl groups is 2. The summed E-state index contributed by atoms with van der Waals surface area (Å²) in [5.41, 5.74) is -0.0126. The average molecular weight is 238 g/mol. The summed E-state index contributed by atoms with van der Waals surface area (Å²) >= 11 is 0. The molecule has 2 nitrogen and oxygen atoms in total. The van der Waals surface area contributed by atoms with Gasteiger partial charge in [-0.1, -0.05) is 13.8 Å². The molecule has 0 saturated heterocycles. The van der Waals surface area contributed by atoms with E-state index in [9.17, 15) is 10.2 Å². The molecule has 0 aromatic heterocycles. The number of hydrogen-bond donors (Lipinski definition) is 2. The minimum atomic E-state index is -0.468. The highest BCUT2D eigenvalue weighted by molar-refractivity contribution is 5.18. The third kappa shape index (κ3) is 1.24. The standard InChI is InChI=1S/C15H26O2/c1-13(2)11-8-15(7-4-10(11)9-16)12(13)5-6-14(15,3)17/h10-12,16-17H,4-9H2,1-3H3/t10-,11-,12-,14+,15-/m0/s1. The number of rotatable bonds is 1. The van der Waals surface area contributed by atoms with Gasteiger partial charge in [-0.2, -0.15) is 0 Å². The Morgan fingerprint density at radius 3 is 2.47 bits per heavy atom. The van der Waals surface area contributed by atoms with E-state index in [4.69, 9.17) is 0 Å². The molecular weight excluding hydrogens is 212 g/mol. The summed E-state index contributed by atoms with van der Waals surface area (Å²) in [6.45, 7) is 7.14. The lowest BCUT2D eigenvalue weighted by Gasteiger charge is -2.44. The van der Waals surface area contributed by atoms with Gasteiger partial charge in [0, 0.05) is 12.0 Å². The molecule has 2 heteroatoms. The molecule has 0 heterocycles. The second kappa shape index (κ2) is 3.27. The first kappa shape index (κ1) is 12.0. The van der Waals surface area contributed by atoms with Crippen molar-refractivity contribution in [3.8, 4) is 0 Å². The van der Waals surface area contributed by atoms with Gasteiger partial charge in [0.2, 0.25) is 0 Å². The summed E-state index contributed by atoms with van der Waals surface area (Å²) in [7, 11) is 0. The largest absolute Gasteiger partial charge is 0.396 e. The van der Waals surface area contributed by atoms with Crippen molar-refractivity contribution in [1.82, 2.24) is 0 Å². The van der Waals surface area contributed by atoms with Crippen LogP contribution in [0.4, 0.5) is 0 Å². The molecule has 3 rings (SSSR count). The van der Waals surface area contributed by atoms with Crippen LogP contribution in [0.1, 0.15) is 52.9 Å². The highest BCUT2D eigenvalue weighted by Crippen LogP contribution is 2.73. The molecule has 0 amide bonds. The molecule has 2 N–H and O–H groups in total. The minimum Gasteiger partial charge on any atom is -0.396 e. The molecule has 3 fully saturated rings. The normalized spacial score (nSPS) is 55.9. The van der Waals surface area contributed by atoms with Crippen LogP contribution in [0.15, 0.2) is 0 Å². The summed E-state index contributed by atoms with van der Waals surface area (Å²) in [6, 6.07) is 0. The Hall–Kier alpha value is -0.0800. The van der Waals surface area contributed by atoms with Crippen LogP contribution >= 0.6 is 0 Å². The Morgan fingerprint density at radius 1 is 1.12 bits per heavy atom. The van der Waals surface area contributed by atoms with E-state index < -0.39 is 5.60 Å². The topological polar surface area (TPSA) is 40.5 Å². The van der Waals surface area contributed by atoms with E-state index >= 15 is 0 Å².